The number of nitrogen functional groups attached to an aromatic ring is 1. The highest BCUT2D eigenvalue weighted by molar-refractivity contribution is 7.21. The molecule has 4 N–H and O–H groups in total. The molecule has 35 heavy (non-hydrogen) atoms. The zero-order chi connectivity index (χ0) is 26.2. The number of hydrogen-bond donors (Lipinski definition) is 3. The quantitative estimate of drug-likeness (QED) is 0.210. The molecule has 3 rings (SSSR count). The summed E-state index contributed by atoms with van der Waals surface area (Å²) in [6, 6.07) is 1.98. The van der Waals surface area contributed by atoms with Gasteiger partial charge in [0.1, 0.15) is 16.3 Å². The summed E-state index contributed by atoms with van der Waals surface area (Å²) in [6.45, 7) is 17.6. The Balaban J connectivity index is 0.000000521. The van der Waals surface area contributed by atoms with Gasteiger partial charge in [-0.25, -0.2) is 9.97 Å². The van der Waals surface area contributed by atoms with Crippen LogP contribution < -0.4 is 11.1 Å². The summed E-state index contributed by atoms with van der Waals surface area (Å²) >= 11 is 1.59. The van der Waals surface area contributed by atoms with Gasteiger partial charge in [-0.1, -0.05) is 53.5 Å². The molecule has 194 valence electrons. The smallest absolute Gasteiger partial charge is 0.224 e. The average Bonchev–Trinajstić information content (AvgIpc) is 3.26. The van der Waals surface area contributed by atoms with Crippen LogP contribution in [-0.2, 0) is 11.2 Å². The van der Waals surface area contributed by atoms with Gasteiger partial charge in [-0.2, -0.15) is 4.98 Å². The number of rotatable bonds is 10. The Labute approximate surface area is 214 Å². The minimum atomic E-state index is 0.427. The van der Waals surface area contributed by atoms with Gasteiger partial charge in [0.2, 0.25) is 5.95 Å². The van der Waals surface area contributed by atoms with E-state index in [1.807, 2.05) is 26.1 Å². The van der Waals surface area contributed by atoms with Crippen molar-refractivity contribution in [3.8, 4) is 10.6 Å². The molecule has 0 radical (unpaired) electrons. The van der Waals surface area contributed by atoms with Gasteiger partial charge in [-0.15, -0.1) is 11.3 Å². The Hall–Kier alpha value is -2.78. The molecular weight excluding hydrogens is 460 g/mol. The lowest BCUT2D eigenvalue weighted by molar-refractivity contribution is 0.158. The monoisotopic (exact) mass is 502 g/mol. The molecule has 1 atom stereocenters. The Bertz CT molecular complexity index is 1000. The van der Waals surface area contributed by atoms with Gasteiger partial charge in [0.15, 0.2) is 0 Å². The molecule has 3 aromatic heterocycles. The molecule has 9 heteroatoms. The number of anilines is 2. The van der Waals surface area contributed by atoms with Gasteiger partial charge in [0.25, 0.3) is 0 Å². The molecule has 0 aliphatic rings. The van der Waals surface area contributed by atoms with E-state index in [0.717, 1.165) is 50.8 Å². The van der Waals surface area contributed by atoms with Crippen LogP contribution >= 0.6 is 11.3 Å². The minimum Gasteiger partial charge on any atom is -0.516 e. The lowest BCUT2D eigenvalue weighted by Gasteiger charge is -2.10. The summed E-state index contributed by atoms with van der Waals surface area (Å²) in [5, 5.41) is 11.3. The molecule has 0 amide bonds. The number of aryl methyl sites for hydroxylation is 2. The molecule has 0 aromatic carbocycles. The second-order valence-corrected chi connectivity index (χ2v) is 9.01. The molecule has 3 aromatic rings. The number of hydrogen-bond acceptors (Lipinski definition) is 9. The van der Waals surface area contributed by atoms with E-state index >= 15 is 0 Å². The largest absolute Gasteiger partial charge is 0.516 e. The van der Waals surface area contributed by atoms with Crippen molar-refractivity contribution in [2.75, 3.05) is 30.8 Å². The van der Waals surface area contributed by atoms with Crippen molar-refractivity contribution >= 4 is 33.3 Å². The predicted octanol–water partition coefficient (Wildman–Crippen LogP) is 6.57. The van der Waals surface area contributed by atoms with Crippen molar-refractivity contribution in [2.45, 2.75) is 67.2 Å². The average molecular weight is 503 g/mol. The maximum absolute atomic E-state index is 7.33. The van der Waals surface area contributed by atoms with Crippen LogP contribution in [0.1, 0.15) is 65.3 Å². The number of aliphatic hydroxyl groups excluding tert-OH is 1. The molecular formula is C26H42N6O2S. The zero-order valence-corrected chi connectivity index (χ0v) is 22.9. The summed E-state index contributed by atoms with van der Waals surface area (Å²) in [6.07, 6.45) is 7.49. The second-order valence-electron chi connectivity index (χ2n) is 7.98. The topological polar surface area (TPSA) is 119 Å². The summed E-state index contributed by atoms with van der Waals surface area (Å²) in [7, 11) is 0. The molecule has 1 unspecified atom stereocenters. The molecule has 0 saturated carbocycles. The number of nitrogens with one attached hydrogen (secondary N) is 1. The third-order valence-corrected chi connectivity index (χ3v) is 6.30. The molecule has 0 aliphatic carbocycles. The van der Waals surface area contributed by atoms with Gasteiger partial charge in [0, 0.05) is 19.3 Å². The standard InChI is InChI=1S/C17H22N6OS.C7H16.C2H4O/c1-4-11-14-12(6-7-19-11)25-16(22-14)13-10(3)21-17(23-15(13)18)20-8-9-24-5-2;1-4-6-7(3)5-2;1-2-3/h6-7H,4-5,8-9H2,1-3H3,(H3,18,20,21,23);7H,4-6H2,1-3H3;2-3H,1H2. The zero-order valence-electron chi connectivity index (χ0n) is 22.1. The number of pyridine rings is 1. The first-order valence-electron chi connectivity index (χ1n) is 12.3. The molecule has 0 bridgehead atoms. The summed E-state index contributed by atoms with van der Waals surface area (Å²) in [5.74, 6) is 1.89. The van der Waals surface area contributed by atoms with E-state index in [2.05, 4.69) is 54.5 Å². The van der Waals surface area contributed by atoms with Gasteiger partial charge < -0.3 is 20.9 Å². The highest BCUT2D eigenvalue weighted by Gasteiger charge is 2.17. The van der Waals surface area contributed by atoms with Crippen molar-refractivity contribution < 1.29 is 9.84 Å². The fraction of sp³-hybridized carbons (Fsp3) is 0.538. The Morgan fingerprint density at radius 1 is 1.23 bits per heavy atom. The normalized spacial score (nSPS) is 11.1. The van der Waals surface area contributed by atoms with Crippen LogP contribution in [0.5, 0.6) is 0 Å². The van der Waals surface area contributed by atoms with Crippen LogP contribution in [0.3, 0.4) is 0 Å². The van der Waals surface area contributed by atoms with E-state index < -0.39 is 0 Å². The summed E-state index contributed by atoms with van der Waals surface area (Å²) in [5.41, 5.74) is 9.72. The van der Waals surface area contributed by atoms with E-state index in [1.165, 1.54) is 19.3 Å². The first-order chi connectivity index (χ1) is 16.9. The number of nitrogens with zero attached hydrogens (tertiary/aromatic N) is 4. The maximum atomic E-state index is 7.33. The van der Waals surface area contributed by atoms with Gasteiger partial charge in [-0.05, 0) is 32.3 Å². The number of fused-ring (bicyclic) bond motifs is 1. The third-order valence-electron chi connectivity index (χ3n) is 5.26. The van der Waals surface area contributed by atoms with Crippen LogP contribution in [0.15, 0.2) is 25.1 Å². The Kier molecular flexibility index (Phi) is 14.5. The Morgan fingerprint density at radius 2 is 1.94 bits per heavy atom. The fourth-order valence-electron chi connectivity index (χ4n) is 3.29. The van der Waals surface area contributed by atoms with E-state index in [0.29, 0.717) is 31.5 Å². The van der Waals surface area contributed by atoms with Gasteiger partial charge in [0.05, 0.1) is 34.5 Å². The van der Waals surface area contributed by atoms with Crippen LogP contribution in [0.4, 0.5) is 11.8 Å². The Morgan fingerprint density at radius 3 is 2.49 bits per heavy atom. The summed E-state index contributed by atoms with van der Waals surface area (Å²) in [4.78, 5) is 18.0. The highest BCUT2D eigenvalue weighted by Crippen LogP contribution is 2.35. The molecule has 0 aliphatic heterocycles. The maximum Gasteiger partial charge on any atom is 0.224 e. The van der Waals surface area contributed by atoms with Crippen molar-refractivity contribution in [1.29, 1.82) is 0 Å². The number of nitrogens with two attached hydrogens (primary N) is 1. The predicted molar refractivity (Wildman–Crippen MR) is 149 cm³/mol. The molecule has 3 heterocycles. The summed E-state index contributed by atoms with van der Waals surface area (Å²) < 4.78 is 6.40. The number of aromatic nitrogens is 4. The van der Waals surface area contributed by atoms with Crippen molar-refractivity contribution in [2.24, 2.45) is 5.92 Å². The molecule has 0 saturated heterocycles. The van der Waals surface area contributed by atoms with E-state index in [4.69, 9.17) is 20.6 Å². The van der Waals surface area contributed by atoms with Crippen LogP contribution in [0, 0.1) is 12.8 Å². The molecule has 0 fully saturated rings. The van der Waals surface area contributed by atoms with Crippen LogP contribution in [0.2, 0.25) is 0 Å². The SMILES string of the molecule is C=CO.CCCC(C)CC.CCOCCNc1nc(C)c(-c2nc3c(CC)nccc3s2)c(N)n1. The number of aliphatic hydroxyl groups is 1. The van der Waals surface area contributed by atoms with E-state index in [9.17, 15) is 0 Å². The number of ether oxygens (including phenoxy) is 1. The van der Waals surface area contributed by atoms with Crippen LogP contribution in [0.25, 0.3) is 20.8 Å². The van der Waals surface area contributed by atoms with Crippen molar-refractivity contribution in [1.82, 2.24) is 19.9 Å². The lowest BCUT2D eigenvalue weighted by atomic mass is 10.0. The minimum absolute atomic E-state index is 0.427. The fourth-order valence-corrected chi connectivity index (χ4v) is 4.38. The van der Waals surface area contributed by atoms with Crippen molar-refractivity contribution in [3.63, 3.8) is 0 Å². The van der Waals surface area contributed by atoms with Gasteiger partial charge in [-0.3, -0.25) is 4.98 Å². The third kappa shape index (κ3) is 9.78. The first-order valence-corrected chi connectivity index (χ1v) is 13.1. The molecule has 8 nitrogen and oxygen atoms in total. The second kappa shape index (κ2) is 16.8. The van der Waals surface area contributed by atoms with E-state index in [-0.39, 0.29) is 0 Å². The molecule has 0 spiro atoms. The van der Waals surface area contributed by atoms with Crippen LogP contribution in [-0.4, -0.2) is 44.8 Å². The number of thiazole rings is 1. The first kappa shape index (κ1) is 30.3. The van der Waals surface area contributed by atoms with E-state index in [1.54, 1.807) is 11.3 Å². The highest BCUT2D eigenvalue weighted by atomic mass is 32.1. The lowest BCUT2D eigenvalue weighted by Crippen LogP contribution is -2.13. The van der Waals surface area contributed by atoms with Crippen molar-refractivity contribution in [3.05, 3.63) is 36.5 Å². The van der Waals surface area contributed by atoms with Gasteiger partial charge >= 0.3 is 0 Å².